The lowest BCUT2D eigenvalue weighted by Crippen LogP contribution is -2.27. The molecule has 0 aliphatic rings. The first-order valence-corrected chi connectivity index (χ1v) is 8.24. The molecule has 0 bridgehead atoms. The molecule has 0 spiro atoms. The third kappa shape index (κ3) is 3.79. The fourth-order valence-corrected chi connectivity index (χ4v) is 2.74. The van der Waals surface area contributed by atoms with Crippen molar-refractivity contribution < 1.29 is 14.3 Å². The average molecular weight is 344 g/mol. The van der Waals surface area contributed by atoms with Gasteiger partial charge in [-0.3, -0.25) is 4.79 Å². The lowest BCUT2D eigenvalue weighted by atomic mass is 10.1. The number of aromatic nitrogens is 2. The quantitative estimate of drug-likeness (QED) is 0.607. The molecule has 0 atom stereocenters. The third-order valence-corrected chi connectivity index (χ3v) is 4.06. The number of amides is 1. The Kier molecular flexibility index (Phi) is 5.19. The molecule has 3 rings (SSSR count). The monoisotopic (exact) mass is 344 g/mol. The number of carbonyl (C=O) groups excluding carboxylic acids is 1. The summed E-state index contributed by atoms with van der Waals surface area (Å²) in [5.74, 6) is 0.664. The third-order valence-electron chi connectivity index (χ3n) is 3.20. The maximum Gasteiger partial charge on any atom is 0.257 e. The van der Waals surface area contributed by atoms with E-state index in [2.05, 4.69) is 20.8 Å². The molecule has 1 aromatic carbocycles. The summed E-state index contributed by atoms with van der Waals surface area (Å²) in [6.07, 6.45) is 0. The van der Waals surface area contributed by atoms with Crippen molar-refractivity contribution in [1.29, 1.82) is 0 Å². The van der Waals surface area contributed by atoms with E-state index in [9.17, 15) is 4.79 Å². The van der Waals surface area contributed by atoms with Crippen LogP contribution in [0.25, 0.3) is 10.8 Å². The highest BCUT2D eigenvalue weighted by atomic mass is 32.1. The highest BCUT2D eigenvalue weighted by molar-refractivity contribution is 7.13. The number of anilines is 1. The van der Waals surface area contributed by atoms with E-state index in [1.54, 1.807) is 18.2 Å². The average Bonchev–Trinajstić information content (AvgIpc) is 3.29. The van der Waals surface area contributed by atoms with Crippen LogP contribution in [0, 0.1) is 0 Å². The van der Waals surface area contributed by atoms with Crippen LogP contribution >= 0.6 is 11.3 Å². The minimum absolute atomic E-state index is 0.102. The molecule has 0 aliphatic carbocycles. The van der Waals surface area contributed by atoms with Crippen LogP contribution in [0.2, 0.25) is 0 Å². The maximum absolute atomic E-state index is 12.1. The fraction of sp³-hybridized carbons (Fsp3) is 0.188. The van der Waals surface area contributed by atoms with Crippen molar-refractivity contribution in [2.75, 3.05) is 18.5 Å². The van der Waals surface area contributed by atoms with Gasteiger partial charge in [0.2, 0.25) is 5.89 Å². The molecule has 124 valence electrons. The molecule has 0 unspecified atom stereocenters. The van der Waals surface area contributed by atoms with Crippen LogP contribution in [0.5, 0.6) is 0 Å². The van der Waals surface area contributed by atoms with Gasteiger partial charge in [-0.2, -0.15) is 0 Å². The van der Waals surface area contributed by atoms with Crippen LogP contribution in [-0.2, 0) is 6.54 Å². The van der Waals surface area contributed by atoms with Gasteiger partial charge in [0, 0.05) is 12.2 Å². The van der Waals surface area contributed by atoms with E-state index < -0.39 is 0 Å². The number of rotatable bonds is 7. The van der Waals surface area contributed by atoms with E-state index >= 15 is 0 Å². The van der Waals surface area contributed by atoms with E-state index in [4.69, 9.17) is 9.52 Å². The van der Waals surface area contributed by atoms with Gasteiger partial charge in [-0.15, -0.1) is 21.5 Å². The second kappa shape index (κ2) is 7.71. The van der Waals surface area contributed by atoms with E-state index in [-0.39, 0.29) is 19.1 Å². The van der Waals surface area contributed by atoms with Crippen molar-refractivity contribution >= 4 is 22.9 Å². The zero-order chi connectivity index (χ0) is 16.8. The standard InChI is InChI=1S/C16H16N4O3S/c21-8-7-17-15(22)11-4-1-2-5-12(11)18-10-14-19-20-16(23-14)13-6-3-9-24-13/h1-6,9,18,21H,7-8,10H2,(H,17,22). The molecule has 24 heavy (non-hydrogen) atoms. The fourth-order valence-electron chi connectivity index (χ4n) is 2.10. The molecular formula is C16H16N4O3S. The van der Waals surface area contributed by atoms with Crippen LogP contribution in [0.3, 0.4) is 0 Å². The summed E-state index contributed by atoms with van der Waals surface area (Å²) in [5, 5.41) is 24.5. The van der Waals surface area contributed by atoms with Crippen molar-refractivity contribution in [3.8, 4) is 10.8 Å². The Labute approximate surface area is 142 Å². The summed E-state index contributed by atoms with van der Waals surface area (Å²) < 4.78 is 5.61. The number of para-hydroxylation sites is 1. The number of nitrogens with zero attached hydrogens (tertiary/aromatic N) is 2. The smallest absolute Gasteiger partial charge is 0.257 e. The highest BCUT2D eigenvalue weighted by Gasteiger charge is 2.12. The number of benzene rings is 1. The minimum Gasteiger partial charge on any atom is -0.418 e. The van der Waals surface area contributed by atoms with Gasteiger partial charge in [0.1, 0.15) is 0 Å². The summed E-state index contributed by atoms with van der Waals surface area (Å²) in [6.45, 7) is 0.415. The molecule has 0 saturated carbocycles. The molecule has 1 amide bonds. The van der Waals surface area contributed by atoms with E-state index in [1.165, 1.54) is 11.3 Å². The zero-order valence-corrected chi connectivity index (χ0v) is 13.5. The van der Waals surface area contributed by atoms with Gasteiger partial charge >= 0.3 is 0 Å². The van der Waals surface area contributed by atoms with E-state index in [1.807, 2.05) is 23.6 Å². The molecule has 3 aromatic rings. The first-order chi connectivity index (χ1) is 11.8. The Morgan fingerprint density at radius 2 is 2.08 bits per heavy atom. The van der Waals surface area contributed by atoms with Crippen molar-refractivity contribution in [3.63, 3.8) is 0 Å². The summed E-state index contributed by atoms with van der Waals surface area (Å²) in [4.78, 5) is 13.0. The number of thiophene rings is 1. The molecule has 2 heterocycles. The minimum atomic E-state index is -0.253. The molecule has 0 fully saturated rings. The van der Waals surface area contributed by atoms with E-state index in [0.717, 1.165) is 4.88 Å². The molecule has 2 aromatic heterocycles. The van der Waals surface area contributed by atoms with E-state index in [0.29, 0.717) is 29.6 Å². The second-order valence-electron chi connectivity index (χ2n) is 4.86. The zero-order valence-electron chi connectivity index (χ0n) is 12.7. The van der Waals surface area contributed by atoms with Crippen molar-refractivity contribution in [2.45, 2.75) is 6.54 Å². The van der Waals surface area contributed by atoms with Crippen molar-refractivity contribution in [3.05, 3.63) is 53.2 Å². The summed E-state index contributed by atoms with van der Waals surface area (Å²) in [7, 11) is 0. The van der Waals surface area contributed by atoms with Gasteiger partial charge in [0.25, 0.3) is 11.8 Å². The number of hydrogen-bond acceptors (Lipinski definition) is 7. The summed E-state index contributed by atoms with van der Waals surface area (Å²) in [6, 6.07) is 10.9. The molecule has 8 heteroatoms. The molecule has 0 saturated heterocycles. The Morgan fingerprint density at radius 3 is 2.88 bits per heavy atom. The lowest BCUT2D eigenvalue weighted by molar-refractivity contribution is 0.0945. The SMILES string of the molecule is O=C(NCCO)c1ccccc1NCc1nnc(-c2cccs2)o1. The predicted molar refractivity (Wildman–Crippen MR) is 90.8 cm³/mol. The van der Waals surface area contributed by atoms with Crippen LogP contribution < -0.4 is 10.6 Å². The molecule has 0 aliphatic heterocycles. The van der Waals surface area contributed by atoms with Gasteiger partial charge in [-0.25, -0.2) is 0 Å². The van der Waals surface area contributed by atoms with Crippen molar-refractivity contribution in [1.82, 2.24) is 15.5 Å². The van der Waals surface area contributed by atoms with Gasteiger partial charge in [0.05, 0.1) is 23.6 Å². The molecule has 3 N–H and O–H groups in total. The normalized spacial score (nSPS) is 10.5. The topological polar surface area (TPSA) is 100 Å². The number of aliphatic hydroxyl groups excluding tert-OH is 1. The lowest BCUT2D eigenvalue weighted by Gasteiger charge is -2.10. The first-order valence-electron chi connectivity index (χ1n) is 7.36. The number of carbonyl (C=O) groups is 1. The van der Waals surface area contributed by atoms with Crippen molar-refractivity contribution in [2.24, 2.45) is 0 Å². The number of nitrogens with one attached hydrogen (secondary N) is 2. The predicted octanol–water partition coefficient (Wildman–Crippen LogP) is 2.13. The summed E-state index contributed by atoms with van der Waals surface area (Å²) >= 11 is 1.53. The maximum atomic E-state index is 12.1. The van der Waals surface area contributed by atoms with Gasteiger partial charge in [-0.05, 0) is 23.6 Å². The van der Waals surface area contributed by atoms with Gasteiger partial charge < -0.3 is 20.2 Å². The van der Waals surface area contributed by atoms with Crippen LogP contribution in [0.1, 0.15) is 16.2 Å². The Hall–Kier alpha value is -2.71. The van der Waals surface area contributed by atoms with Crippen LogP contribution in [-0.4, -0.2) is 34.4 Å². The first kappa shape index (κ1) is 16.2. The largest absolute Gasteiger partial charge is 0.418 e. The second-order valence-corrected chi connectivity index (χ2v) is 5.80. The number of aliphatic hydroxyl groups is 1. The molecule has 7 nitrogen and oxygen atoms in total. The van der Waals surface area contributed by atoms with Crippen LogP contribution in [0.15, 0.2) is 46.2 Å². The summed E-state index contributed by atoms with van der Waals surface area (Å²) in [5.41, 5.74) is 1.15. The highest BCUT2D eigenvalue weighted by Crippen LogP contribution is 2.23. The molecule has 0 radical (unpaired) electrons. The Morgan fingerprint density at radius 1 is 1.21 bits per heavy atom. The molecular weight excluding hydrogens is 328 g/mol. The number of hydrogen-bond donors (Lipinski definition) is 3. The van der Waals surface area contributed by atoms with Gasteiger partial charge in [-0.1, -0.05) is 18.2 Å². The van der Waals surface area contributed by atoms with Crippen LogP contribution in [0.4, 0.5) is 5.69 Å². The van der Waals surface area contributed by atoms with Gasteiger partial charge in [0.15, 0.2) is 0 Å². The Balaban J connectivity index is 1.68. The Bertz CT molecular complexity index is 801.